The Morgan fingerprint density at radius 1 is 1.38 bits per heavy atom. The van der Waals surface area contributed by atoms with Gasteiger partial charge in [-0.15, -0.1) is 0 Å². The first-order chi connectivity index (χ1) is 11.7. The second kappa shape index (κ2) is 6.49. The molecule has 24 heavy (non-hydrogen) atoms. The van der Waals surface area contributed by atoms with Crippen molar-refractivity contribution >= 4 is 17.7 Å². The Balaban J connectivity index is 1.37. The lowest BCUT2D eigenvalue weighted by Gasteiger charge is -2.23. The summed E-state index contributed by atoms with van der Waals surface area (Å²) in [7, 11) is 1.54. The van der Waals surface area contributed by atoms with Crippen molar-refractivity contribution in [2.24, 2.45) is 5.92 Å². The van der Waals surface area contributed by atoms with Gasteiger partial charge in [-0.1, -0.05) is 0 Å². The normalized spacial score (nSPS) is 25.0. The van der Waals surface area contributed by atoms with Crippen molar-refractivity contribution in [3.8, 4) is 5.95 Å². The lowest BCUT2D eigenvalue weighted by Crippen LogP contribution is -2.43. The molecule has 3 atom stereocenters. The van der Waals surface area contributed by atoms with Crippen molar-refractivity contribution in [1.29, 1.82) is 0 Å². The Morgan fingerprint density at radius 2 is 2.21 bits per heavy atom. The van der Waals surface area contributed by atoms with Gasteiger partial charge in [-0.05, 0) is 54.9 Å². The summed E-state index contributed by atoms with van der Waals surface area (Å²) in [6, 6.07) is 7.78. The fraction of sp³-hybridized carbons (Fsp3) is 0.412. The maximum atomic E-state index is 12.4. The Labute approximate surface area is 144 Å². The predicted octanol–water partition coefficient (Wildman–Crippen LogP) is 2.27. The van der Waals surface area contributed by atoms with Gasteiger partial charge in [0.05, 0.1) is 7.11 Å². The average molecular weight is 345 g/mol. The van der Waals surface area contributed by atoms with E-state index in [0.29, 0.717) is 28.7 Å². The standard InChI is InChI=1S/C17H19N3O3S/c1-22-15-8-18-17(23-15)24-13-4-2-11(3-5-13)16(21)19-14-10-20-7-6-12(14)9-20/h2-5,8,12,14H,6-7,9-10H2,1H3,(H,19,21)/t12-,14?/m0/s1. The van der Waals surface area contributed by atoms with Gasteiger partial charge in [-0.2, -0.15) is 0 Å². The summed E-state index contributed by atoms with van der Waals surface area (Å²) in [5, 5.41) is 3.69. The number of piperidine rings is 1. The Bertz CT molecular complexity index is 731. The van der Waals surface area contributed by atoms with Crippen molar-refractivity contribution in [2.75, 3.05) is 26.7 Å². The number of fused-ring (bicyclic) bond motifs is 2. The number of amides is 1. The van der Waals surface area contributed by atoms with Gasteiger partial charge >= 0.3 is 5.95 Å². The summed E-state index contributed by atoms with van der Waals surface area (Å²) in [5.74, 6) is 1.00. The molecule has 7 heteroatoms. The molecule has 2 aliphatic rings. The van der Waals surface area contributed by atoms with Crippen molar-refractivity contribution < 1.29 is 13.9 Å². The number of carbonyl (C=O) groups is 1. The molecule has 2 aliphatic heterocycles. The van der Waals surface area contributed by atoms with E-state index < -0.39 is 0 Å². The first kappa shape index (κ1) is 15.5. The molecule has 2 fully saturated rings. The fourth-order valence-corrected chi connectivity index (χ4v) is 4.06. The molecule has 2 unspecified atom stereocenters. The zero-order chi connectivity index (χ0) is 16.5. The number of rotatable bonds is 5. The van der Waals surface area contributed by atoms with E-state index in [1.54, 1.807) is 0 Å². The highest BCUT2D eigenvalue weighted by Gasteiger charge is 2.38. The van der Waals surface area contributed by atoms with Crippen LogP contribution in [0.2, 0.25) is 0 Å². The van der Waals surface area contributed by atoms with E-state index in [4.69, 9.17) is 9.15 Å². The fourth-order valence-electron chi connectivity index (χ4n) is 3.36. The number of hydrogen-bond acceptors (Lipinski definition) is 6. The van der Waals surface area contributed by atoms with Gasteiger partial charge in [-0.25, -0.2) is 4.98 Å². The van der Waals surface area contributed by atoms with Crippen LogP contribution in [0.5, 0.6) is 5.95 Å². The molecule has 126 valence electrons. The highest BCUT2D eigenvalue weighted by Crippen LogP contribution is 2.30. The van der Waals surface area contributed by atoms with E-state index in [0.717, 1.165) is 18.0 Å². The zero-order valence-electron chi connectivity index (χ0n) is 13.4. The number of hydrogen-bond donors (Lipinski definition) is 1. The molecule has 6 nitrogen and oxygen atoms in total. The van der Waals surface area contributed by atoms with Crippen molar-refractivity contribution in [3.05, 3.63) is 36.0 Å². The maximum Gasteiger partial charge on any atom is 0.305 e. The summed E-state index contributed by atoms with van der Waals surface area (Å²) >= 11 is 1.39. The summed E-state index contributed by atoms with van der Waals surface area (Å²) in [6.07, 6.45) is 2.73. The largest absolute Gasteiger partial charge is 0.467 e. The molecule has 0 spiro atoms. The molecule has 0 saturated carbocycles. The number of benzene rings is 1. The minimum atomic E-state index is 0.00286. The summed E-state index contributed by atoms with van der Waals surface area (Å²) in [4.78, 5) is 19.9. The van der Waals surface area contributed by atoms with Gasteiger partial charge < -0.3 is 19.4 Å². The molecule has 1 N–H and O–H groups in total. The number of nitrogens with one attached hydrogen (secondary N) is 1. The van der Waals surface area contributed by atoms with Gasteiger partial charge in [0.25, 0.3) is 11.1 Å². The highest BCUT2D eigenvalue weighted by atomic mass is 32.2. The number of ether oxygens (including phenoxy) is 1. The number of oxazole rings is 1. The van der Waals surface area contributed by atoms with Crippen LogP contribution in [0, 0.1) is 5.92 Å². The molecule has 1 aromatic heterocycles. The Morgan fingerprint density at radius 3 is 2.83 bits per heavy atom. The second-order valence-corrected chi connectivity index (χ2v) is 7.19. The van der Waals surface area contributed by atoms with E-state index in [1.165, 1.54) is 38.0 Å². The lowest BCUT2D eigenvalue weighted by molar-refractivity contribution is 0.0924. The van der Waals surface area contributed by atoms with Crippen LogP contribution in [0.4, 0.5) is 0 Å². The number of aromatic nitrogens is 1. The zero-order valence-corrected chi connectivity index (χ0v) is 14.2. The molecule has 1 amide bonds. The second-order valence-electron chi connectivity index (χ2n) is 6.16. The van der Waals surface area contributed by atoms with Crippen LogP contribution < -0.4 is 10.1 Å². The molecule has 4 rings (SSSR count). The molecule has 1 aromatic carbocycles. The molecular formula is C17H19N3O3S. The Hall–Kier alpha value is -1.99. The van der Waals surface area contributed by atoms with Crippen molar-refractivity contribution in [3.63, 3.8) is 0 Å². The van der Waals surface area contributed by atoms with E-state index in [-0.39, 0.29) is 5.91 Å². The van der Waals surface area contributed by atoms with Gasteiger partial charge in [0.15, 0.2) is 0 Å². The van der Waals surface area contributed by atoms with Gasteiger partial charge in [0.2, 0.25) is 0 Å². The third-order valence-corrected chi connectivity index (χ3v) is 5.51. The van der Waals surface area contributed by atoms with E-state index >= 15 is 0 Å². The molecule has 2 bridgehead atoms. The third kappa shape index (κ3) is 3.14. The highest BCUT2D eigenvalue weighted by molar-refractivity contribution is 7.99. The van der Waals surface area contributed by atoms with Gasteiger partial charge in [0.1, 0.15) is 6.20 Å². The smallest absolute Gasteiger partial charge is 0.305 e. The van der Waals surface area contributed by atoms with Crippen LogP contribution >= 0.6 is 11.8 Å². The van der Waals surface area contributed by atoms with Crippen LogP contribution in [-0.4, -0.2) is 48.6 Å². The number of carbonyl (C=O) groups excluding carboxylic acids is 1. The minimum absolute atomic E-state index is 0.00286. The van der Waals surface area contributed by atoms with Crippen LogP contribution in [0.1, 0.15) is 16.8 Å². The van der Waals surface area contributed by atoms with Crippen LogP contribution in [0.15, 0.2) is 45.0 Å². The third-order valence-electron chi connectivity index (χ3n) is 4.64. The predicted molar refractivity (Wildman–Crippen MR) is 89.4 cm³/mol. The first-order valence-corrected chi connectivity index (χ1v) is 8.84. The molecular weight excluding hydrogens is 326 g/mol. The van der Waals surface area contributed by atoms with Gasteiger partial charge in [-0.3, -0.25) is 4.79 Å². The molecule has 3 heterocycles. The molecule has 2 aromatic rings. The lowest BCUT2D eigenvalue weighted by atomic mass is 9.99. The average Bonchev–Trinajstić information content (AvgIpc) is 3.32. The van der Waals surface area contributed by atoms with E-state index in [2.05, 4.69) is 15.2 Å². The summed E-state index contributed by atoms with van der Waals surface area (Å²) in [6.45, 7) is 3.28. The first-order valence-electron chi connectivity index (χ1n) is 8.02. The quantitative estimate of drug-likeness (QED) is 0.897. The molecule has 0 aliphatic carbocycles. The van der Waals surface area contributed by atoms with Crippen molar-refractivity contribution in [1.82, 2.24) is 15.2 Å². The number of nitrogens with zero attached hydrogens (tertiary/aromatic N) is 2. The van der Waals surface area contributed by atoms with E-state index in [9.17, 15) is 4.79 Å². The topological polar surface area (TPSA) is 67.6 Å². The van der Waals surface area contributed by atoms with Gasteiger partial charge in [0, 0.05) is 29.6 Å². The van der Waals surface area contributed by atoms with Crippen molar-refractivity contribution in [2.45, 2.75) is 22.6 Å². The van der Waals surface area contributed by atoms with E-state index in [1.807, 2.05) is 24.3 Å². The molecule has 0 radical (unpaired) electrons. The van der Waals surface area contributed by atoms with Crippen LogP contribution in [0.25, 0.3) is 0 Å². The summed E-state index contributed by atoms with van der Waals surface area (Å²) in [5.41, 5.74) is 0.683. The molecule has 2 saturated heterocycles. The summed E-state index contributed by atoms with van der Waals surface area (Å²) < 4.78 is 10.3. The number of methoxy groups -OCH3 is 1. The van der Waals surface area contributed by atoms with Crippen LogP contribution in [-0.2, 0) is 0 Å². The SMILES string of the molecule is COc1cnc(Sc2ccc(C(=O)NC3CN4CC[C@H]3C4)cc2)o1. The monoisotopic (exact) mass is 345 g/mol. The maximum absolute atomic E-state index is 12.4. The Kier molecular flexibility index (Phi) is 4.20. The van der Waals surface area contributed by atoms with Crippen LogP contribution in [0.3, 0.4) is 0 Å². The minimum Gasteiger partial charge on any atom is -0.467 e.